The van der Waals surface area contributed by atoms with E-state index in [1.165, 1.54) is 22.8 Å². The van der Waals surface area contributed by atoms with Gasteiger partial charge in [-0.05, 0) is 42.8 Å². The molecule has 0 unspecified atom stereocenters. The summed E-state index contributed by atoms with van der Waals surface area (Å²) in [6, 6.07) is 14.2. The average molecular weight is 295 g/mol. The zero-order chi connectivity index (χ0) is 15.7. The molecule has 3 nitrogen and oxygen atoms in total. The maximum absolute atomic E-state index is 13.9. The molecule has 4 heteroatoms. The summed E-state index contributed by atoms with van der Waals surface area (Å²) in [7, 11) is 0. The Kier molecular flexibility index (Phi) is 3.51. The predicted octanol–water partition coefficient (Wildman–Crippen LogP) is 3.66. The number of hydrogen-bond acceptors (Lipinski definition) is 2. The lowest BCUT2D eigenvalue weighted by Gasteiger charge is -2.12. The van der Waals surface area contributed by atoms with E-state index < -0.39 is 0 Å². The third-order valence-corrected chi connectivity index (χ3v) is 3.54. The van der Waals surface area contributed by atoms with Crippen molar-refractivity contribution in [3.63, 3.8) is 0 Å². The molecule has 0 fully saturated rings. The van der Waals surface area contributed by atoms with Crippen molar-refractivity contribution in [3.8, 4) is 22.6 Å². The van der Waals surface area contributed by atoms with Crippen LogP contribution in [0.2, 0.25) is 0 Å². The van der Waals surface area contributed by atoms with Crippen LogP contribution < -0.4 is 5.56 Å². The third-order valence-electron chi connectivity index (χ3n) is 3.54. The molecule has 110 valence electrons. The standard InChI is InChI=1S/C18H14FNO2/c1-12-10-14(21)7-8-17(12)20-11-13(6-9-18(20)22)15-4-2-3-5-16(15)19/h2-11,21H,1H3. The lowest BCUT2D eigenvalue weighted by Crippen LogP contribution is -2.17. The number of nitrogens with zero attached hydrogens (tertiary/aromatic N) is 1. The lowest BCUT2D eigenvalue weighted by molar-refractivity contribution is 0.474. The van der Waals surface area contributed by atoms with Gasteiger partial charge in [0.25, 0.3) is 5.56 Å². The van der Waals surface area contributed by atoms with E-state index in [2.05, 4.69) is 0 Å². The molecule has 1 aromatic heterocycles. The molecule has 0 saturated carbocycles. The van der Waals surface area contributed by atoms with Gasteiger partial charge in [-0.3, -0.25) is 9.36 Å². The number of aryl methyl sites for hydroxylation is 1. The summed E-state index contributed by atoms with van der Waals surface area (Å²) < 4.78 is 15.4. The van der Waals surface area contributed by atoms with Gasteiger partial charge in [-0.15, -0.1) is 0 Å². The van der Waals surface area contributed by atoms with E-state index in [1.807, 2.05) is 0 Å². The zero-order valence-electron chi connectivity index (χ0n) is 12.0. The number of rotatable bonds is 2. The summed E-state index contributed by atoms with van der Waals surface area (Å²) in [5.74, 6) is -0.199. The highest BCUT2D eigenvalue weighted by molar-refractivity contribution is 5.63. The Morgan fingerprint density at radius 3 is 2.55 bits per heavy atom. The van der Waals surface area contributed by atoms with Crippen LogP contribution in [-0.4, -0.2) is 9.67 Å². The van der Waals surface area contributed by atoms with Gasteiger partial charge in [0.1, 0.15) is 11.6 Å². The average Bonchev–Trinajstić information content (AvgIpc) is 2.49. The molecule has 0 aliphatic carbocycles. The quantitative estimate of drug-likeness (QED) is 0.784. The Morgan fingerprint density at radius 2 is 1.82 bits per heavy atom. The van der Waals surface area contributed by atoms with Crippen molar-refractivity contribution in [3.05, 3.63) is 82.5 Å². The monoisotopic (exact) mass is 295 g/mol. The summed E-state index contributed by atoms with van der Waals surface area (Å²) >= 11 is 0. The third kappa shape index (κ3) is 2.51. The SMILES string of the molecule is Cc1cc(O)ccc1-n1cc(-c2ccccc2F)ccc1=O. The second-order valence-corrected chi connectivity index (χ2v) is 5.08. The van der Waals surface area contributed by atoms with E-state index in [1.54, 1.807) is 49.5 Å². The topological polar surface area (TPSA) is 42.2 Å². The molecule has 0 saturated heterocycles. The molecule has 2 aromatic carbocycles. The first kappa shape index (κ1) is 14.1. The van der Waals surface area contributed by atoms with Gasteiger partial charge in [-0.2, -0.15) is 0 Å². The number of aromatic hydroxyl groups is 1. The number of hydrogen-bond donors (Lipinski definition) is 1. The largest absolute Gasteiger partial charge is 0.508 e. The minimum absolute atomic E-state index is 0.138. The van der Waals surface area contributed by atoms with E-state index in [-0.39, 0.29) is 17.1 Å². The molecule has 0 atom stereocenters. The minimum Gasteiger partial charge on any atom is -0.508 e. The number of pyridine rings is 1. The van der Waals surface area contributed by atoms with Gasteiger partial charge in [0.2, 0.25) is 0 Å². The molecule has 0 aliphatic rings. The van der Waals surface area contributed by atoms with Crippen molar-refractivity contribution < 1.29 is 9.50 Å². The molecule has 0 aliphatic heterocycles. The highest BCUT2D eigenvalue weighted by atomic mass is 19.1. The van der Waals surface area contributed by atoms with Crippen LogP contribution in [0.25, 0.3) is 16.8 Å². The van der Waals surface area contributed by atoms with E-state index in [0.717, 1.165) is 5.56 Å². The van der Waals surface area contributed by atoms with Gasteiger partial charge < -0.3 is 5.11 Å². The van der Waals surface area contributed by atoms with Gasteiger partial charge in [0.15, 0.2) is 0 Å². The number of halogens is 1. The second-order valence-electron chi connectivity index (χ2n) is 5.08. The lowest BCUT2D eigenvalue weighted by atomic mass is 10.1. The summed E-state index contributed by atoms with van der Waals surface area (Å²) in [6.45, 7) is 1.80. The van der Waals surface area contributed by atoms with Gasteiger partial charge in [0, 0.05) is 23.4 Å². The summed E-state index contributed by atoms with van der Waals surface area (Å²) in [4.78, 5) is 12.1. The molecule has 1 N–H and O–H groups in total. The fraction of sp³-hybridized carbons (Fsp3) is 0.0556. The normalized spacial score (nSPS) is 10.6. The number of phenols is 1. The van der Waals surface area contributed by atoms with Crippen molar-refractivity contribution in [2.45, 2.75) is 6.92 Å². The zero-order valence-corrected chi connectivity index (χ0v) is 12.0. The molecule has 0 radical (unpaired) electrons. The van der Waals surface area contributed by atoms with Crippen LogP contribution in [0.15, 0.2) is 65.6 Å². The highest BCUT2D eigenvalue weighted by Crippen LogP contribution is 2.23. The van der Waals surface area contributed by atoms with Crippen molar-refractivity contribution in [1.82, 2.24) is 4.57 Å². The molecule has 3 aromatic rings. The summed E-state index contributed by atoms with van der Waals surface area (Å²) in [5.41, 5.74) is 2.25. The van der Waals surface area contributed by atoms with E-state index >= 15 is 0 Å². The first-order chi connectivity index (χ1) is 10.6. The fourth-order valence-corrected chi connectivity index (χ4v) is 2.44. The molecule has 1 heterocycles. The Labute approximate surface area is 126 Å². The molecule has 0 spiro atoms. The number of benzene rings is 2. The molecular weight excluding hydrogens is 281 g/mol. The smallest absolute Gasteiger partial charge is 0.255 e. The number of phenolic OH excluding ortho intramolecular Hbond substituents is 1. The Hall–Kier alpha value is -2.88. The van der Waals surface area contributed by atoms with Crippen LogP contribution in [0.4, 0.5) is 4.39 Å². The molecular formula is C18H14FNO2. The maximum atomic E-state index is 13.9. The molecule has 0 amide bonds. The van der Waals surface area contributed by atoms with E-state index in [0.29, 0.717) is 16.8 Å². The van der Waals surface area contributed by atoms with Crippen molar-refractivity contribution in [1.29, 1.82) is 0 Å². The van der Waals surface area contributed by atoms with Crippen LogP contribution in [0.3, 0.4) is 0 Å². The summed E-state index contributed by atoms with van der Waals surface area (Å²) in [5, 5.41) is 9.49. The van der Waals surface area contributed by atoms with Crippen molar-refractivity contribution in [2.24, 2.45) is 0 Å². The van der Waals surface area contributed by atoms with Gasteiger partial charge >= 0.3 is 0 Å². The molecule has 22 heavy (non-hydrogen) atoms. The Bertz CT molecular complexity index is 900. The van der Waals surface area contributed by atoms with Crippen molar-refractivity contribution >= 4 is 0 Å². The number of aromatic nitrogens is 1. The minimum atomic E-state index is -0.338. The Morgan fingerprint density at radius 1 is 1.05 bits per heavy atom. The molecule has 3 rings (SSSR count). The highest BCUT2D eigenvalue weighted by Gasteiger charge is 2.09. The van der Waals surface area contributed by atoms with Crippen molar-refractivity contribution in [2.75, 3.05) is 0 Å². The first-order valence-corrected chi connectivity index (χ1v) is 6.84. The van der Waals surface area contributed by atoms with Gasteiger partial charge in [0.05, 0.1) is 5.69 Å². The first-order valence-electron chi connectivity index (χ1n) is 6.84. The second kappa shape index (κ2) is 5.48. The van der Waals surface area contributed by atoms with Crippen LogP contribution >= 0.6 is 0 Å². The van der Waals surface area contributed by atoms with Crippen LogP contribution in [-0.2, 0) is 0 Å². The van der Waals surface area contributed by atoms with Crippen LogP contribution in [0.1, 0.15) is 5.56 Å². The van der Waals surface area contributed by atoms with Crippen LogP contribution in [0.5, 0.6) is 5.75 Å². The Balaban J connectivity index is 2.20. The van der Waals surface area contributed by atoms with E-state index in [4.69, 9.17) is 0 Å². The fourth-order valence-electron chi connectivity index (χ4n) is 2.44. The van der Waals surface area contributed by atoms with Gasteiger partial charge in [-0.1, -0.05) is 18.2 Å². The van der Waals surface area contributed by atoms with E-state index in [9.17, 15) is 14.3 Å². The molecule has 0 bridgehead atoms. The van der Waals surface area contributed by atoms with Gasteiger partial charge in [-0.25, -0.2) is 4.39 Å². The predicted molar refractivity (Wildman–Crippen MR) is 83.8 cm³/mol. The van der Waals surface area contributed by atoms with Crippen LogP contribution in [0, 0.1) is 12.7 Å². The summed E-state index contributed by atoms with van der Waals surface area (Å²) in [6.07, 6.45) is 1.61. The maximum Gasteiger partial charge on any atom is 0.255 e.